The zero-order valence-corrected chi connectivity index (χ0v) is 5.80. The summed E-state index contributed by atoms with van der Waals surface area (Å²) in [6, 6.07) is 1.81. The third-order valence-electron chi connectivity index (χ3n) is 1.29. The van der Waals surface area contributed by atoms with Crippen molar-refractivity contribution in [2.45, 2.75) is 0 Å². The predicted molar refractivity (Wildman–Crippen MR) is 39.0 cm³/mol. The van der Waals surface area contributed by atoms with Crippen LogP contribution in [-0.2, 0) is 0 Å². The van der Waals surface area contributed by atoms with Gasteiger partial charge in [0.1, 0.15) is 11.8 Å². The number of halogens is 1. The van der Waals surface area contributed by atoms with Crippen LogP contribution in [-0.4, -0.2) is 4.98 Å². The van der Waals surface area contributed by atoms with Crippen LogP contribution in [0.25, 0.3) is 10.9 Å². The number of aromatic nitrogens is 1. The Hall–Kier alpha value is -1.02. The largest absolute Gasteiger partial charge is 0.470 e. The van der Waals surface area contributed by atoms with Crippen molar-refractivity contribution < 1.29 is 4.42 Å². The first-order valence-corrected chi connectivity index (χ1v) is 3.21. The molecule has 0 aliphatic rings. The lowest BCUT2D eigenvalue weighted by Crippen LogP contribution is -1.70. The summed E-state index contributed by atoms with van der Waals surface area (Å²) < 4.78 is 4.90. The molecule has 0 unspecified atom stereocenters. The first-order chi connectivity index (χ1) is 4.86. The van der Waals surface area contributed by atoms with Gasteiger partial charge in [0, 0.05) is 11.6 Å². The van der Waals surface area contributed by atoms with Gasteiger partial charge in [0.15, 0.2) is 0 Å². The average Bonchev–Trinajstić information content (AvgIpc) is 2.33. The highest BCUT2D eigenvalue weighted by atomic mass is 35.5. The van der Waals surface area contributed by atoms with Gasteiger partial charge >= 0.3 is 0 Å². The summed E-state index contributed by atoms with van der Waals surface area (Å²) in [5.41, 5.74) is 0.837. The van der Waals surface area contributed by atoms with Gasteiger partial charge in [0.2, 0.25) is 0 Å². The third-order valence-corrected chi connectivity index (χ3v) is 1.50. The Morgan fingerprint density at radius 3 is 3.20 bits per heavy atom. The standard InChI is InChI=1S/C7H4ClNO/c8-6-1-5-3-10-4-7(5)9-2-6/h1-4H. The minimum atomic E-state index is 0.633. The zero-order chi connectivity index (χ0) is 6.97. The fourth-order valence-electron chi connectivity index (χ4n) is 0.830. The molecule has 0 atom stereocenters. The van der Waals surface area contributed by atoms with Crippen molar-refractivity contribution in [1.29, 1.82) is 0 Å². The van der Waals surface area contributed by atoms with Crippen LogP contribution in [0.5, 0.6) is 0 Å². The molecule has 0 fully saturated rings. The highest BCUT2D eigenvalue weighted by Gasteiger charge is 1.95. The number of pyridine rings is 1. The van der Waals surface area contributed by atoms with E-state index < -0.39 is 0 Å². The van der Waals surface area contributed by atoms with Crippen molar-refractivity contribution in [3.8, 4) is 0 Å². The lowest BCUT2D eigenvalue weighted by molar-refractivity contribution is 0.572. The summed E-state index contributed by atoms with van der Waals surface area (Å²) in [4.78, 5) is 4.02. The Labute approximate surface area is 62.4 Å². The van der Waals surface area contributed by atoms with Crippen LogP contribution in [0.3, 0.4) is 0 Å². The van der Waals surface area contributed by atoms with Gasteiger partial charge in [-0.1, -0.05) is 11.6 Å². The zero-order valence-electron chi connectivity index (χ0n) is 5.04. The van der Waals surface area contributed by atoms with E-state index in [-0.39, 0.29) is 0 Å². The molecular formula is C7H4ClNO. The van der Waals surface area contributed by atoms with Crippen LogP contribution >= 0.6 is 11.6 Å². The summed E-state index contributed by atoms with van der Waals surface area (Å²) >= 11 is 5.67. The molecule has 3 heteroatoms. The van der Waals surface area contributed by atoms with Crippen molar-refractivity contribution in [1.82, 2.24) is 4.98 Å². The van der Waals surface area contributed by atoms with Crippen LogP contribution < -0.4 is 0 Å². The highest BCUT2D eigenvalue weighted by Crippen LogP contribution is 2.16. The topological polar surface area (TPSA) is 26.0 Å². The molecule has 0 amide bonds. The molecule has 0 aliphatic heterocycles. The van der Waals surface area contributed by atoms with Crippen LogP contribution in [0.2, 0.25) is 5.02 Å². The third kappa shape index (κ3) is 0.772. The molecule has 2 aromatic heterocycles. The molecule has 0 aliphatic carbocycles. The number of nitrogens with zero attached hydrogens (tertiary/aromatic N) is 1. The van der Waals surface area contributed by atoms with Crippen LogP contribution in [0.1, 0.15) is 0 Å². The van der Waals surface area contributed by atoms with Crippen LogP contribution in [0.4, 0.5) is 0 Å². The van der Waals surface area contributed by atoms with Gasteiger partial charge in [0.05, 0.1) is 11.3 Å². The van der Waals surface area contributed by atoms with Crippen molar-refractivity contribution in [2.75, 3.05) is 0 Å². The fourth-order valence-corrected chi connectivity index (χ4v) is 0.996. The van der Waals surface area contributed by atoms with Crippen molar-refractivity contribution in [2.24, 2.45) is 0 Å². The maximum atomic E-state index is 5.67. The summed E-state index contributed by atoms with van der Waals surface area (Å²) in [6.07, 6.45) is 4.80. The summed E-state index contributed by atoms with van der Waals surface area (Å²) in [5.74, 6) is 0. The van der Waals surface area contributed by atoms with Gasteiger partial charge in [-0.05, 0) is 6.07 Å². The molecule has 10 heavy (non-hydrogen) atoms. The molecule has 2 heterocycles. The normalized spacial score (nSPS) is 10.5. The molecule has 2 nitrogen and oxygen atoms in total. The number of hydrogen-bond acceptors (Lipinski definition) is 2. The molecule has 0 N–H and O–H groups in total. The maximum absolute atomic E-state index is 5.67. The second-order valence-corrected chi connectivity index (χ2v) is 2.44. The first-order valence-electron chi connectivity index (χ1n) is 2.84. The number of hydrogen-bond donors (Lipinski definition) is 0. The Balaban J connectivity index is 2.86. The van der Waals surface area contributed by atoms with Gasteiger partial charge in [-0.15, -0.1) is 0 Å². The van der Waals surface area contributed by atoms with E-state index in [1.54, 1.807) is 18.7 Å². The lowest BCUT2D eigenvalue weighted by atomic mass is 10.3. The van der Waals surface area contributed by atoms with Gasteiger partial charge in [-0.2, -0.15) is 0 Å². The molecule has 0 saturated carbocycles. The summed E-state index contributed by atoms with van der Waals surface area (Å²) in [5, 5.41) is 1.57. The smallest absolute Gasteiger partial charge is 0.117 e. The van der Waals surface area contributed by atoms with Gasteiger partial charge in [-0.3, -0.25) is 4.98 Å². The second-order valence-electron chi connectivity index (χ2n) is 2.00. The highest BCUT2D eigenvalue weighted by molar-refractivity contribution is 6.31. The molecule has 50 valence electrons. The SMILES string of the molecule is Clc1cnc2cocc2c1. The van der Waals surface area contributed by atoms with E-state index in [0.717, 1.165) is 10.9 Å². The average molecular weight is 154 g/mol. The second kappa shape index (κ2) is 1.99. The van der Waals surface area contributed by atoms with Gasteiger partial charge in [0.25, 0.3) is 0 Å². The fraction of sp³-hybridized carbons (Fsp3) is 0. The summed E-state index contributed by atoms with van der Waals surface area (Å²) in [7, 11) is 0. The Kier molecular flexibility index (Phi) is 1.14. The van der Waals surface area contributed by atoms with Gasteiger partial charge in [-0.25, -0.2) is 0 Å². The van der Waals surface area contributed by atoms with E-state index in [9.17, 15) is 0 Å². The molecule has 2 aromatic rings. The van der Waals surface area contributed by atoms with Gasteiger partial charge < -0.3 is 4.42 Å². The molecule has 0 spiro atoms. The van der Waals surface area contributed by atoms with E-state index in [1.165, 1.54) is 0 Å². The van der Waals surface area contributed by atoms with Crippen molar-refractivity contribution >= 4 is 22.5 Å². The number of rotatable bonds is 0. The minimum Gasteiger partial charge on any atom is -0.470 e. The first kappa shape index (κ1) is 5.74. The molecule has 0 radical (unpaired) electrons. The van der Waals surface area contributed by atoms with Crippen molar-refractivity contribution in [3.63, 3.8) is 0 Å². The molecule has 2 rings (SSSR count). The molecule has 0 aromatic carbocycles. The number of fused-ring (bicyclic) bond motifs is 1. The monoisotopic (exact) mass is 153 g/mol. The molecule has 0 saturated heterocycles. The Morgan fingerprint density at radius 1 is 1.40 bits per heavy atom. The number of furan rings is 1. The van der Waals surface area contributed by atoms with E-state index in [4.69, 9.17) is 16.0 Å². The Bertz CT molecular complexity index is 355. The minimum absolute atomic E-state index is 0.633. The van der Waals surface area contributed by atoms with E-state index >= 15 is 0 Å². The van der Waals surface area contributed by atoms with E-state index in [0.29, 0.717) is 5.02 Å². The quantitative estimate of drug-likeness (QED) is 0.581. The van der Waals surface area contributed by atoms with E-state index in [2.05, 4.69) is 4.98 Å². The lowest BCUT2D eigenvalue weighted by Gasteiger charge is -1.86. The van der Waals surface area contributed by atoms with Crippen LogP contribution in [0.15, 0.2) is 29.2 Å². The molecular weight excluding hydrogens is 150 g/mol. The predicted octanol–water partition coefficient (Wildman–Crippen LogP) is 2.48. The van der Waals surface area contributed by atoms with Crippen LogP contribution in [0, 0.1) is 0 Å². The van der Waals surface area contributed by atoms with E-state index in [1.807, 2.05) is 6.07 Å². The maximum Gasteiger partial charge on any atom is 0.117 e. The Morgan fingerprint density at radius 2 is 2.30 bits per heavy atom. The molecule has 0 bridgehead atoms. The van der Waals surface area contributed by atoms with Crippen molar-refractivity contribution in [3.05, 3.63) is 29.8 Å². The summed E-state index contributed by atoms with van der Waals surface area (Å²) in [6.45, 7) is 0.